The summed E-state index contributed by atoms with van der Waals surface area (Å²) in [6.45, 7) is 1.62. The minimum atomic E-state index is 0.334. The standard InChI is InChI=1S/C12H14O3/c1-2-4-11(5-3-1)8-14-9-12-6-7-13-10-15-12/h1-5,9H,6-8,10H2/b12-9+. The van der Waals surface area contributed by atoms with Crippen LogP contribution in [0.5, 0.6) is 0 Å². The highest BCUT2D eigenvalue weighted by molar-refractivity contribution is 5.13. The third-order valence-corrected chi connectivity index (χ3v) is 2.13. The van der Waals surface area contributed by atoms with Crippen LogP contribution >= 0.6 is 0 Å². The van der Waals surface area contributed by atoms with Gasteiger partial charge in [-0.05, 0) is 5.56 Å². The lowest BCUT2D eigenvalue weighted by molar-refractivity contribution is -0.0640. The van der Waals surface area contributed by atoms with E-state index in [1.54, 1.807) is 6.26 Å². The fraction of sp³-hybridized carbons (Fsp3) is 0.333. The Balaban J connectivity index is 1.78. The van der Waals surface area contributed by atoms with Gasteiger partial charge in [0, 0.05) is 6.42 Å². The van der Waals surface area contributed by atoms with Gasteiger partial charge in [-0.2, -0.15) is 0 Å². The van der Waals surface area contributed by atoms with E-state index in [1.807, 2.05) is 30.3 Å². The van der Waals surface area contributed by atoms with Gasteiger partial charge in [0.1, 0.15) is 18.6 Å². The lowest BCUT2D eigenvalue weighted by atomic mass is 10.2. The molecule has 1 aromatic rings. The smallest absolute Gasteiger partial charge is 0.188 e. The largest absolute Gasteiger partial charge is 0.493 e. The Morgan fingerprint density at radius 3 is 2.87 bits per heavy atom. The maximum atomic E-state index is 5.42. The van der Waals surface area contributed by atoms with Crippen LogP contribution in [0.15, 0.2) is 42.4 Å². The third kappa shape index (κ3) is 3.29. The van der Waals surface area contributed by atoms with E-state index in [4.69, 9.17) is 14.2 Å². The molecule has 2 rings (SSSR count). The molecule has 1 aliphatic rings. The molecule has 0 spiro atoms. The zero-order valence-corrected chi connectivity index (χ0v) is 8.52. The Hall–Kier alpha value is -1.48. The SMILES string of the molecule is C(/OCc1ccccc1)=C1/CCOCO1. The molecule has 1 aliphatic heterocycles. The average Bonchev–Trinajstić information content (AvgIpc) is 2.32. The van der Waals surface area contributed by atoms with Gasteiger partial charge < -0.3 is 14.2 Å². The number of ether oxygens (including phenoxy) is 3. The van der Waals surface area contributed by atoms with Crippen molar-refractivity contribution < 1.29 is 14.2 Å². The van der Waals surface area contributed by atoms with E-state index in [9.17, 15) is 0 Å². The zero-order valence-electron chi connectivity index (χ0n) is 8.52. The van der Waals surface area contributed by atoms with Crippen molar-refractivity contribution >= 4 is 0 Å². The summed E-state index contributed by atoms with van der Waals surface area (Å²) in [7, 11) is 0. The van der Waals surface area contributed by atoms with E-state index in [-0.39, 0.29) is 0 Å². The normalized spacial score (nSPS) is 18.5. The number of rotatable bonds is 3. The first-order chi connectivity index (χ1) is 7.45. The van der Waals surface area contributed by atoms with E-state index in [2.05, 4.69) is 0 Å². The molecule has 0 radical (unpaired) electrons. The first-order valence-corrected chi connectivity index (χ1v) is 5.00. The van der Waals surface area contributed by atoms with Gasteiger partial charge in [-0.25, -0.2) is 0 Å². The summed E-state index contributed by atoms with van der Waals surface area (Å²) in [5.41, 5.74) is 1.15. The van der Waals surface area contributed by atoms with Crippen LogP contribution in [0.1, 0.15) is 12.0 Å². The lowest BCUT2D eigenvalue weighted by Gasteiger charge is -2.16. The van der Waals surface area contributed by atoms with E-state index in [1.165, 1.54) is 0 Å². The van der Waals surface area contributed by atoms with Gasteiger partial charge >= 0.3 is 0 Å². The monoisotopic (exact) mass is 206 g/mol. The Kier molecular flexibility index (Phi) is 3.63. The van der Waals surface area contributed by atoms with Crippen molar-refractivity contribution in [2.75, 3.05) is 13.4 Å². The summed E-state index contributed by atoms with van der Waals surface area (Å²) in [5.74, 6) is 0.859. The highest BCUT2D eigenvalue weighted by Gasteiger charge is 2.05. The summed E-state index contributed by atoms with van der Waals surface area (Å²) < 4.78 is 15.7. The molecule has 15 heavy (non-hydrogen) atoms. The first kappa shape index (κ1) is 10.1. The highest BCUT2D eigenvalue weighted by atomic mass is 16.7. The minimum Gasteiger partial charge on any atom is -0.493 e. The average molecular weight is 206 g/mol. The molecule has 0 amide bonds. The molecule has 0 N–H and O–H groups in total. The van der Waals surface area contributed by atoms with E-state index >= 15 is 0 Å². The van der Waals surface area contributed by atoms with Crippen molar-refractivity contribution in [2.45, 2.75) is 13.0 Å². The van der Waals surface area contributed by atoms with Crippen molar-refractivity contribution in [3.63, 3.8) is 0 Å². The fourth-order valence-electron chi connectivity index (χ4n) is 1.32. The van der Waals surface area contributed by atoms with Gasteiger partial charge in [0.15, 0.2) is 6.79 Å². The quantitative estimate of drug-likeness (QED) is 0.711. The van der Waals surface area contributed by atoms with Gasteiger partial charge in [-0.3, -0.25) is 0 Å². The molecule has 0 saturated carbocycles. The second-order valence-electron chi connectivity index (χ2n) is 3.30. The van der Waals surface area contributed by atoms with Crippen LogP contribution in [0.4, 0.5) is 0 Å². The minimum absolute atomic E-state index is 0.334. The van der Waals surface area contributed by atoms with E-state index in [0.717, 1.165) is 17.7 Å². The Morgan fingerprint density at radius 2 is 2.13 bits per heavy atom. The zero-order chi connectivity index (χ0) is 10.3. The summed E-state index contributed by atoms with van der Waals surface area (Å²) >= 11 is 0. The predicted octanol–water partition coefficient (Wildman–Crippen LogP) is 2.44. The Bertz CT molecular complexity index is 311. The van der Waals surface area contributed by atoms with Crippen LogP contribution in [0.2, 0.25) is 0 Å². The second-order valence-corrected chi connectivity index (χ2v) is 3.30. The second kappa shape index (κ2) is 5.41. The maximum Gasteiger partial charge on any atom is 0.188 e. The van der Waals surface area contributed by atoms with Crippen molar-refractivity contribution in [3.8, 4) is 0 Å². The topological polar surface area (TPSA) is 27.7 Å². The lowest BCUT2D eigenvalue weighted by Crippen LogP contribution is -2.10. The van der Waals surface area contributed by atoms with Crippen molar-refractivity contribution in [1.82, 2.24) is 0 Å². The predicted molar refractivity (Wildman–Crippen MR) is 55.8 cm³/mol. The maximum absolute atomic E-state index is 5.42. The molecule has 3 heteroatoms. The van der Waals surface area contributed by atoms with Gasteiger partial charge in [-0.1, -0.05) is 30.3 Å². The molecule has 1 saturated heterocycles. The molecular formula is C12H14O3. The van der Waals surface area contributed by atoms with Crippen LogP contribution < -0.4 is 0 Å². The van der Waals surface area contributed by atoms with E-state index < -0.39 is 0 Å². The summed E-state index contributed by atoms with van der Waals surface area (Å²) in [4.78, 5) is 0. The van der Waals surface area contributed by atoms with E-state index in [0.29, 0.717) is 20.0 Å². The molecular weight excluding hydrogens is 192 g/mol. The number of benzene rings is 1. The van der Waals surface area contributed by atoms with Gasteiger partial charge in [-0.15, -0.1) is 0 Å². The van der Waals surface area contributed by atoms with Crippen LogP contribution in [-0.2, 0) is 20.8 Å². The van der Waals surface area contributed by atoms with Crippen LogP contribution in [0, 0.1) is 0 Å². The molecule has 3 nitrogen and oxygen atoms in total. The van der Waals surface area contributed by atoms with Gasteiger partial charge in [0.05, 0.1) is 6.61 Å². The number of hydrogen-bond donors (Lipinski definition) is 0. The molecule has 1 fully saturated rings. The molecule has 0 aliphatic carbocycles. The van der Waals surface area contributed by atoms with Crippen LogP contribution in [0.3, 0.4) is 0 Å². The number of hydrogen-bond acceptors (Lipinski definition) is 3. The van der Waals surface area contributed by atoms with Crippen molar-refractivity contribution in [1.29, 1.82) is 0 Å². The molecule has 0 aromatic heterocycles. The molecule has 1 heterocycles. The third-order valence-electron chi connectivity index (χ3n) is 2.13. The van der Waals surface area contributed by atoms with Crippen LogP contribution in [-0.4, -0.2) is 13.4 Å². The Labute approximate surface area is 89.3 Å². The molecule has 0 atom stereocenters. The first-order valence-electron chi connectivity index (χ1n) is 5.00. The fourth-order valence-corrected chi connectivity index (χ4v) is 1.32. The van der Waals surface area contributed by atoms with Crippen LogP contribution in [0.25, 0.3) is 0 Å². The molecule has 80 valence electrons. The summed E-state index contributed by atoms with van der Waals surface area (Å²) in [6, 6.07) is 10.0. The molecule has 0 unspecified atom stereocenters. The molecule has 0 bridgehead atoms. The summed E-state index contributed by atoms with van der Waals surface area (Å²) in [5, 5.41) is 0. The van der Waals surface area contributed by atoms with Crippen molar-refractivity contribution in [3.05, 3.63) is 47.9 Å². The van der Waals surface area contributed by atoms with Gasteiger partial charge in [0.2, 0.25) is 0 Å². The Morgan fingerprint density at radius 1 is 1.27 bits per heavy atom. The molecule has 1 aromatic carbocycles. The van der Waals surface area contributed by atoms with Crippen molar-refractivity contribution in [2.24, 2.45) is 0 Å². The highest BCUT2D eigenvalue weighted by Crippen LogP contribution is 2.10. The van der Waals surface area contributed by atoms with Gasteiger partial charge in [0.25, 0.3) is 0 Å². The summed E-state index contributed by atoms with van der Waals surface area (Å²) in [6.07, 6.45) is 2.46.